The van der Waals surface area contributed by atoms with E-state index in [2.05, 4.69) is 37.8 Å². The van der Waals surface area contributed by atoms with Gasteiger partial charge in [0.2, 0.25) is 5.91 Å². The standard InChI is InChI=1S/C26H28N8O2/c1-27-24-20-9-28-22(30-26(35)16-3-4-16)8-19(20)21(10-29-24)25-31-23-7-6-17(12-34(23)32-25)33-11-15-2-5-18(33)14-36-13-15/h6-10,12,15-16,18H,2-5,11,13-14H2,1H3,(H,27,29)(H,28,30,35). The molecule has 4 aromatic heterocycles. The Bertz CT molecular complexity index is 1480. The molecule has 1 saturated carbocycles. The third kappa shape index (κ3) is 3.72. The molecule has 10 heteroatoms. The zero-order valence-corrected chi connectivity index (χ0v) is 20.1. The van der Waals surface area contributed by atoms with Crippen LogP contribution in [0, 0.1) is 11.8 Å². The molecule has 36 heavy (non-hydrogen) atoms. The van der Waals surface area contributed by atoms with Gasteiger partial charge in [-0.05, 0) is 49.8 Å². The maximum Gasteiger partial charge on any atom is 0.228 e. The second kappa shape index (κ2) is 8.41. The third-order valence-electron chi connectivity index (χ3n) is 7.56. The summed E-state index contributed by atoms with van der Waals surface area (Å²) in [7, 11) is 1.83. The molecule has 0 aromatic carbocycles. The fourth-order valence-electron chi connectivity index (χ4n) is 5.41. The second-order valence-corrected chi connectivity index (χ2v) is 10.1. The first-order chi connectivity index (χ1) is 17.7. The van der Waals surface area contributed by atoms with Gasteiger partial charge >= 0.3 is 0 Å². The molecule has 4 aromatic rings. The zero-order chi connectivity index (χ0) is 24.2. The molecule has 1 amide bonds. The Kier molecular flexibility index (Phi) is 5.02. The van der Waals surface area contributed by atoms with Gasteiger partial charge in [-0.2, -0.15) is 0 Å². The highest BCUT2D eigenvalue weighted by atomic mass is 16.5. The molecule has 8 rings (SSSR count). The van der Waals surface area contributed by atoms with E-state index in [1.54, 1.807) is 12.4 Å². The average molecular weight is 485 g/mol. The van der Waals surface area contributed by atoms with E-state index >= 15 is 0 Å². The summed E-state index contributed by atoms with van der Waals surface area (Å²) >= 11 is 0. The number of fused-ring (bicyclic) bond motifs is 6. The van der Waals surface area contributed by atoms with E-state index in [0.29, 0.717) is 29.4 Å². The monoisotopic (exact) mass is 484 g/mol. The van der Waals surface area contributed by atoms with Gasteiger partial charge in [-0.3, -0.25) is 4.79 Å². The van der Waals surface area contributed by atoms with Crippen molar-refractivity contribution in [2.24, 2.45) is 11.8 Å². The number of anilines is 3. The number of nitrogens with one attached hydrogen (secondary N) is 2. The Morgan fingerprint density at radius 3 is 2.86 bits per heavy atom. The van der Waals surface area contributed by atoms with Gasteiger partial charge < -0.3 is 20.3 Å². The molecule has 184 valence electrons. The van der Waals surface area contributed by atoms with E-state index in [-0.39, 0.29) is 11.8 Å². The molecule has 2 unspecified atom stereocenters. The van der Waals surface area contributed by atoms with Crippen LogP contribution in [0.15, 0.2) is 36.8 Å². The molecule has 4 fully saturated rings. The van der Waals surface area contributed by atoms with E-state index < -0.39 is 0 Å². The number of hydrogen-bond acceptors (Lipinski definition) is 8. The van der Waals surface area contributed by atoms with Crippen LogP contribution in [-0.4, -0.2) is 63.3 Å². The fraction of sp³-hybridized carbons (Fsp3) is 0.423. The van der Waals surface area contributed by atoms with Crippen LogP contribution in [0.5, 0.6) is 0 Å². The van der Waals surface area contributed by atoms with Gasteiger partial charge in [-0.25, -0.2) is 19.5 Å². The van der Waals surface area contributed by atoms with E-state index in [1.807, 2.05) is 23.7 Å². The minimum atomic E-state index is 0.0253. The molecular weight excluding hydrogens is 456 g/mol. The van der Waals surface area contributed by atoms with Crippen LogP contribution >= 0.6 is 0 Å². The van der Waals surface area contributed by atoms with Crippen molar-refractivity contribution in [1.82, 2.24) is 24.6 Å². The second-order valence-electron chi connectivity index (χ2n) is 10.1. The van der Waals surface area contributed by atoms with Crippen molar-refractivity contribution in [3.8, 4) is 11.4 Å². The molecule has 0 radical (unpaired) electrons. The van der Waals surface area contributed by atoms with Gasteiger partial charge in [-0.1, -0.05) is 0 Å². The Hall–Kier alpha value is -3.79. The van der Waals surface area contributed by atoms with Crippen molar-refractivity contribution in [2.75, 3.05) is 42.3 Å². The van der Waals surface area contributed by atoms with Crippen LogP contribution in [0.25, 0.3) is 27.8 Å². The quantitative estimate of drug-likeness (QED) is 0.444. The van der Waals surface area contributed by atoms with Crippen molar-refractivity contribution in [1.29, 1.82) is 0 Å². The highest BCUT2D eigenvalue weighted by Gasteiger charge is 2.32. The summed E-state index contributed by atoms with van der Waals surface area (Å²) in [5.74, 6) is 2.53. The number of pyridine rings is 3. The summed E-state index contributed by atoms with van der Waals surface area (Å²) in [5, 5.41) is 12.6. The number of carbonyl (C=O) groups is 1. The SMILES string of the molecule is CNc1ncc(-c2nc3ccc(N4CC5CCC4COC5)cn3n2)c2cc(NC(=O)C3CC3)ncc12. The van der Waals surface area contributed by atoms with Crippen LogP contribution in [-0.2, 0) is 9.53 Å². The summed E-state index contributed by atoms with van der Waals surface area (Å²) in [6.07, 6.45) is 9.86. The lowest BCUT2D eigenvalue weighted by Crippen LogP contribution is -2.43. The van der Waals surface area contributed by atoms with Crippen LogP contribution in [0.3, 0.4) is 0 Å². The van der Waals surface area contributed by atoms with Crippen LogP contribution in [0.2, 0.25) is 0 Å². The van der Waals surface area contributed by atoms with Crippen LogP contribution in [0.1, 0.15) is 25.7 Å². The normalized spacial score (nSPS) is 21.6. The van der Waals surface area contributed by atoms with Gasteiger partial charge in [0.05, 0.1) is 31.1 Å². The Morgan fingerprint density at radius 1 is 1.08 bits per heavy atom. The maximum atomic E-state index is 12.3. The van der Waals surface area contributed by atoms with Crippen molar-refractivity contribution in [3.63, 3.8) is 0 Å². The van der Waals surface area contributed by atoms with Crippen molar-refractivity contribution in [3.05, 3.63) is 36.8 Å². The van der Waals surface area contributed by atoms with Crippen molar-refractivity contribution < 1.29 is 9.53 Å². The van der Waals surface area contributed by atoms with E-state index in [1.165, 1.54) is 6.42 Å². The van der Waals surface area contributed by atoms with Gasteiger partial charge in [0.1, 0.15) is 11.6 Å². The third-order valence-corrected chi connectivity index (χ3v) is 7.56. The number of ether oxygens (including phenoxy) is 1. The lowest BCUT2D eigenvalue weighted by Gasteiger charge is -2.37. The van der Waals surface area contributed by atoms with Crippen LogP contribution in [0.4, 0.5) is 17.3 Å². The molecule has 2 atom stereocenters. The van der Waals surface area contributed by atoms with E-state index in [0.717, 1.165) is 66.7 Å². The van der Waals surface area contributed by atoms with Crippen molar-refractivity contribution in [2.45, 2.75) is 31.7 Å². The minimum absolute atomic E-state index is 0.0253. The summed E-state index contributed by atoms with van der Waals surface area (Å²) in [6.45, 7) is 2.64. The van der Waals surface area contributed by atoms with Gasteiger partial charge in [0.25, 0.3) is 0 Å². The molecule has 2 bridgehead atoms. The summed E-state index contributed by atoms with van der Waals surface area (Å²) in [6, 6.07) is 6.44. The zero-order valence-electron chi connectivity index (χ0n) is 20.1. The number of nitrogens with zero attached hydrogens (tertiary/aromatic N) is 6. The first kappa shape index (κ1) is 21.5. The highest BCUT2D eigenvalue weighted by molar-refractivity contribution is 6.03. The molecule has 10 nitrogen and oxygen atoms in total. The lowest BCUT2D eigenvalue weighted by atomic mass is 9.94. The average Bonchev–Trinajstić information content (AvgIpc) is 3.73. The van der Waals surface area contributed by atoms with Crippen molar-refractivity contribution >= 4 is 39.6 Å². The van der Waals surface area contributed by atoms with Gasteiger partial charge in [-0.15, -0.1) is 5.10 Å². The first-order valence-electron chi connectivity index (χ1n) is 12.6. The Labute approximate surface area is 208 Å². The topological polar surface area (TPSA) is 110 Å². The van der Waals surface area contributed by atoms with Crippen LogP contribution < -0.4 is 15.5 Å². The molecular formula is C26H28N8O2. The first-order valence-corrected chi connectivity index (χ1v) is 12.6. The summed E-state index contributed by atoms with van der Waals surface area (Å²) in [5.41, 5.74) is 2.70. The minimum Gasteiger partial charge on any atom is -0.379 e. The number of piperidine rings is 1. The maximum absolute atomic E-state index is 12.3. The predicted molar refractivity (Wildman–Crippen MR) is 137 cm³/mol. The Balaban J connectivity index is 1.28. The van der Waals surface area contributed by atoms with Gasteiger partial charge in [0, 0.05) is 48.2 Å². The molecule has 7 heterocycles. The number of hydrogen-bond donors (Lipinski definition) is 2. The summed E-state index contributed by atoms with van der Waals surface area (Å²) < 4.78 is 7.72. The molecule has 4 aliphatic rings. The highest BCUT2D eigenvalue weighted by Crippen LogP contribution is 2.34. The summed E-state index contributed by atoms with van der Waals surface area (Å²) in [4.78, 5) is 28.6. The molecule has 0 spiro atoms. The number of carbonyl (C=O) groups excluding carboxylic acids is 1. The smallest absolute Gasteiger partial charge is 0.228 e. The number of aromatic nitrogens is 5. The number of rotatable bonds is 5. The predicted octanol–water partition coefficient (Wildman–Crippen LogP) is 3.34. The van der Waals surface area contributed by atoms with E-state index in [9.17, 15) is 4.79 Å². The Morgan fingerprint density at radius 2 is 2.00 bits per heavy atom. The van der Waals surface area contributed by atoms with Gasteiger partial charge in [0.15, 0.2) is 11.5 Å². The molecule has 2 N–H and O–H groups in total. The molecule has 3 saturated heterocycles. The lowest BCUT2D eigenvalue weighted by molar-refractivity contribution is -0.117. The largest absolute Gasteiger partial charge is 0.379 e. The fourth-order valence-corrected chi connectivity index (χ4v) is 5.41. The molecule has 1 aliphatic carbocycles. The van der Waals surface area contributed by atoms with E-state index in [4.69, 9.17) is 14.8 Å². The molecule has 3 aliphatic heterocycles. The number of amides is 1.